The smallest absolute Gasteiger partial charge is 0.134 e. The van der Waals surface area contributed by atoms with Crippen molar-refractivity contribution in [3.8, 4) is 17.2 Å². The van der Waals surface area contributed by atoms with E-state index in [1.54, 1.807) is 0 Å². The van der Waals surface area contributed by atoms with Gasteiger partial charge in [-0.25, -0.2) is 0 Å². The molecule has 132 valence electrons. The highest BCUT2D eigenvalue weighted by atomic mass is 16.3. The van der Waals surface area contributed by atoms with Crippen molar-refractivity contribution in [1.82, 2.24) is 4.90 Å². The van der Waals surface area contributed by atoms with Crippen molar-refractivity contribution < 1.29 is 4.42 Å². The third-order valence-electron chi connectivity index (χ3n) is 5.50. The zero-order chi connectivity index (χ0) is 17.9. The standard InChI is InChI=1S/C23H24N2O/c1-17-4-2-3-12-25(17)13-11-22-15-21-14-20(9-10-23(21)26-22)19-7-5-18(16-24)6-8-19/h5-10,14-15,17H,2-4,11-13H2,1H3/t17-/m0/s1. The number of fused-ring (bicyclic) bond motifs is 1. The summed E-state index contributed by atoms with van der Waals surface area (Å²) in [5.41, 5.74) is 3.91. The molecular formula is C23H24N2O. The summed E-state index contributed by atoms with van der Waals surface area (Å²) in [5, 5.41) is 10.1. The van der Waals surface area contributed by atoms with Crippen LogP contribution >= 0.6 is 0 Å². The van der Waals surface area contributed by atoms with Crippen LogP contribution in [-0.2, 0) is 6.42 Å². The van der Waals surface area contributed by atoms with Gasteiger partial charge in [-0.05, 0) is 67.8 Å². The molecule has 1 aromatic heterocycles. The maximum atomic E-state index is 8.94. The lowest BCUT2D eigenvalue weighted by atomic mass is 10.0. The van der Waals surface area contributed by atoms with Crippen molar-refractivity contribution in [2.24, 2.45) is 0 Å². The van der Waals surface area contributed by atoms with Gasteiger partial charge in [0.05, 0.1) is 11.6 Å². The number of furan rings is 1. The number of piperidine rings is 1. The number of benzene rings is 2. The molecule has 1 aliphatic heterocycles. The van der Waals surface area contributed by atoms with Gasteiger partial charge in [0.15, 0.2) is 0 Å². The molecule has 0 N–H and O–H groups in total. The Bertz CT molecular complexity index is 933. The highest BCUT2D eigenvalue weighted by Gasteiger charge is 2.18. The van der Waals surface area contributed by atoms with E-state index in [-0.39, 0.29) is 0 Å². The third-order valence-corrected chi connectivity index (χ3v) is 5.50. The lowest BCUT2D eigenvalue weighted by Gasteiger charge is -2.32. The Morgan fingerprint density at radius 2 is 1.88 bits per heavy atom. The van der Waals surface area contributed by atoms with Gasteiger partial charge in [-0.3, -0.25) is 0 Å². The zero-order valence-electron chi connectivity index (χ0n) is 15.2. The predicted octanol–water partition coefficient (Wildman–Crippen LogP) is 5.39. The topological polar surface area (TPSA) is 40.2 Å². The highest BCUT2D eigenvalue weighted by molar-refractivity contribution is 5.84. The van der Waals surface area contributed by atoms with Gasteiger partial charge in [0.25, 0.3) is 0 Å². The predicted molar refractivity (Wildman–Crippen MR) is 105 cm³/mol. The summed E-state index contributed by atoms with van der Waals surface area (Å²) in [5.74, 6) is 1.06. The van der Waals surface area contributed by atoms with Crippen molar-refractivity contribution >= 4 is 11.0 Å². The van der Waals surface area contributed by atoms with Crippen molar-refractivity contribution in [2.75, 3.05) is 13.1 Å². The van der Waals surface area contributed by atoms with E-state index in [1.165, 1.54) is 25.8 Å². The van der Waals surface area contributed by atoms with E-state index in [0.29, 0.717) is 11.6 Å². The molecule has 0 radical (unpaired) electrons. The number of nitrogens with zero attached hydrogens (tertiary/aromatic N) is 2. The molecule has 0 amide bonds. The monoisotopic (exact) mass is 344 g/mol. The molecule has 0 spiro atoms. The summed E-state index contributed by atoms with van der Waals surface area (Å²) < 4.78 is 6.05. The molecule has 0 saturated carbocycles. The van der Waals surface area contributed by atoms with Gasteiger partial charge >= 0.3 is 0 Å². The van der Waals surface area contributed by atoms with Gasteiger partial charge in [0.1, 0.15) is 11.3 Å². The van der Waals surface area contributed by atoms with Crippen molar-refractivity contribution in [1.29, 1.82) is 5.26 Å². The quantitative estimate of drug-likeness (QED) is 0.637. The first-order valence-electron chi connectivity index (χ1n) is 9.50. The third kappa shape index (κ3) is 3.52. The highest BCUT2D eigenvalue weighted by Crippen LogP contribution is 2.27. The van der Waals surface area contributed by atoms with Gasteiger partial charge in [-0.2, -0.15) is 5.26 Å². The first kappa shape index (κ1) is 16.9. The van der Waals surface area contributed by atoms with E-state index in [2.05, 4.69) is 42.2 Å². The normalized spacial score (nSPS) is 18.1. The lowest BCUT2D eigenvalue weighted by Crippen LogP contribution is -2.38. The van der Waals surface area contributed by atoms with Crippen LogP contribution in [0.15, 0.2) is 52.9 Å². The van der Waals surface area contributed by atoms with Crippen LogP contribution in [0, 0.1) is 11.3 Å². The van der Waals surface area contributed by atoms with Crippen LogP contribution in [0.1, 0.15) is 37.5 Å². The molecule has 0 bridgehead atoms. The molecule has 1 aliphatic rings. The first-order chi connectivity index (χ1) is 12.7. The van der Waals surface area contributed by atoms with E-state index < -0.39 is 0 Å². The number of hydrogen-bond acceptors (Lipinski definition) is 3. The summed E-state index contributed by atoms with van der Waals surface area (Å²) >= 11 is 0. The van der Waals surface area contributed by atoms with Crippen LogP contribution in [0.25, 0.3) is 22.1 Å². The average molecular weight is 344 g/mol. The fraction of sp³-hybridized carbons (Fsp3) is 0.348. The molecule has 3 nitrogen and oxygen atoms in total. The first-order valence-corrected chi connectivity index (χ1v) is 9.50. The molecule has 1 fully saturated rings. The van der Waals surface area contributed by atoms with Crippen molar-refractivity contribution in [2.45, 2.75) is 38.6 Å². The average Bonchev–Trinajstić information content (AvgIpc) is 3.09. The summed E-state index contributed by atoms with van der Waals surface area (Å²) in [7, 11) is 0. The lowest BCUT2D eigenvalue weighted by molar-refractivity contribution is 0.160. The fourth-order valence-corrected chi connectivity index (χ4v) is 3.88. The molecule has 26 heavy (non-hydrogen) atoms. The van der Waals surface area contributed by atoms with E-state index in [0.717, 1.165) is 40.8 Å². The molecule has 2 heterocycles. The minimum atomic E-state index is 0.687. The summed E-state index contributed by atoms with van der Waals surface area (Å²) in [6, 6.07) is 19.1. The minimum absolute atomic E-state index is 0.687. The molecule has 0 unspecified atom stereocenters. The van der Waals surface area contributed by atoms with Crippen LogP contribution in [0.4, 0.5) is 0 Å². The second-order valence-corrected chi connectivity index (χ2v) is 7.29. The molecule has 3 heteroatoms. The van der Waals surface area contributed by atoms with Crippen molar-refractivity contribution in [3.05, 3.63) is 59.9 Å². The molecule has 3 aromatic rings. The maximum absolute atomic E-state index is 8.94. The summed E-state index contributed by atoms with van der Waals surface area (Å²) in [6.45, 7) is 4.62. The number of hydrogen-bond donors (Lipinski definition) is 0. The van der Waals surface area contributed by atoms with Gasteiger partial charge in [-0.15, -0.1) is 0 Å². The fourth-order valence-electron chi connectivity index (χ4n) is 3.88. The SMILES string of the molecule is C[C@H]1CCCCN1CCc1cc2cc(-c3ccc(C#N)cc3)ccc2o1. The molecule has 0 aliphatic carbocycles. The Hall–Kier alpha value is -2.57. The Kier molecular flexibility index (Phi) is 4.77. The number of likely N-dealkylation sites (tertiary alicyclic amines) is 1. The van der Waals surface area contributed by atoms with E-state index in [4.69, 9.17) is 9.68 Å². The molecule has 4 rings (SSSR count). The zero-order valence-corrected chi connectivity index (χ0v) is 15.2. The Balaban J connectivity index is 1.51. The second-order valence-electron chi connectivity index (χ2n) is 7.29. The van der Waals surface area contributed by atoms with Crippen LogP contribution in [0.2, 0.25) is 0 Å². The van der Waals surface area contributed by atoms with Crippen LogP contribution < -0.4 is 0 Å². The number of nitriles is 1. The van der Waals surface area contributed by atoms with E-state index in [1.807, 2.05) is 24.3 Å². The maximum Gasteiger partial charge on any atom is 0.134 e. The van der Waals surface area contributed by atoms with Crippen molar-refractivity contribution in [3.63, 3.8) is 0 Å². The van der Waals surface area contributed by atoms with Gasteiger partial charge in [0, 0.05) is 24.4 Å². The molecular weight excluding hydrogens is 320 g/mol. The van der Waals surface area contributed by atoms with Gasteiger partial charge in [-0.1, -0.05) is 24.6 Å². The van der Waals surface area contributed by atoms with Crippen LogP contribution in [-0.4, -0.2) is 24.0 Å². The largest absolute Gasteiger partial charge is 0.461 e. The second kappa shape index (κ2) is 7.35. The summed E-state index contributed by atoms with van der Waals surface area (Å²) in [4.78, 5) is 2.58. The molecule has 2 aromatic carbocycles. The van der Waals surface area contributed by atoms with Crippen LogP contribution in [0.5, 0.6) is 0 Å². The number of rotatable bonds is 4. The van der Waals surface area contributed by atoms with E-state index in [9.17, 15) is 0 Å². The molecule has 1 atom stereocenters. The Morgan fingerprint density at radius 3 is 2.65 bits per heavy atom. The van der Waals surface area contributed by atoms with Gasteiger partial charge in [0.2, 0.25) is 0 Å². The Morgan fingerprint density at radius 1 is 1.08 bits per heavy atom. The Labute approximate surface area is 154 Å². The van der Waals surface area contributed by atoms with E-state index >= 15 is 0 Å². The van der Waals surface area contributed by atoms with Crippen LogP contribution in [0.3, 0.4) is 0 Å². The minimum Gasteiger partial charge on any atom is -0.461 e. The molecule has 1 saturated heterocycles. The summed E-state index contributed by atoms with van der Waals surface area (Å²) in [6.07, 6.45) is 4.96. The van der Waals surface area contributed by atoms with Gasteiger partial charge < -0.3 is 9.32 Å².